The summed E-state index contributed by atoms with van der Waals surface area (Å²) in [6, 6.07) is 13.1. The van der Waals surface area contributed by atoms with Gasteiger partial charge in [0.15, 0.2) is 6.61 Å². The maximum atomic E-state index is 12.1. The molecule has 1 amide bonds. The third-order valence-electron chi connectivity index (χ3n) is 3.48. The third-order valence-corrected chi connectivity index (χ3v) is 5.13. The molecule has 2 aromatic carbocycles. The summed E-state index contributed by atoms with van der Waals surface area (Å²) in [6.45, 7) is 0.985. The summed E-state index contributed by atoms with van der Waals surface area (Å²) >= 11 is 5.85. The minimum absolute atomic E-state index is 0.0418. The molecule has 0 fully saturated rings. The van der Waals surface area contributed by atoms with Gasteiger partial charge in [-0.1, -0.05) is 41.4 Å². The quantitative estimate of drug-likeness (QED) is 0.646. The van der Waals surface area contributed by atoms with Crippen molar-refractivity contribution >= 4 is 33.5 Å². The molecule has 27 heavy (non-hydrogen) atoms. The lowest BCUT2D eigenvalue weighted by molar-refractivity contribution is -0.147. The van der Waals surface area contributed by atoms with E-state index in [4.69, 9.17) is 16.3 Å². The molecule has 0 aliphatic carbocycles. The summed E-state index contributed by atoms with van der Waals surface area (Å²) in [6.07, 6.45) is 0. The molecule has 0 unspecified atom stereocenters. The zero-order chi connectivity index (χ0) is 19.9. The van der Waals surface area contributed by atoms with Gasteiger partial charge in [0.2, 0.25) is 10.0 Å². The molecule has 9 heteroatoms. The number of hydrogen-bond acceptors (Lipinski definition) is 5. The van der Waals surface area contributed by atoms with E-state index >= 15 is 0 Å². The van der Waals surface area contributed by atoms with Crippen LogP contribution in [-0.2, 0) is 30.9 Å². The van der Waals surface area contributed by atoms with Crippen LogP contribution in [0.2, 0.25) is 5.02 Å². The molecule has 0 bridgehead atoms. The first-order valence-electron chi connectivity index (χ1n) is 7.99. The Morgan fingerprint density at radius 3 is 2.48 bits per heavy atom. The predicted octanol–water partition coefficient (Wildman–Crippen LogP) is 1.79. The fraction of sp³-hybridized carbons (Fsp3) is 0.222. The first-order valence-corrected chi connectivity index (χ1v) is 9.85. The van der Waals surface area contributed by atoms with Crippen LogP contribution in [0.5, 0.6) is 0 Å². The largest absolute Gasteiger partial charge is 0.455 e. The highest BCUT2D eigenvalue weighted by atomic mass is 35.5. The number of carbonyl (C=O) groups excluding carboxylic acids is 2. The number of aryl methyl sites for hydroxylation is 1. The molecule has 0 aliphatic rings. The zero-order valence-corrected chi connectivity index (χ0v) is 16.1. The number of benzene rings is 2. The van der Waals surface area contributed by atoms with Crippen LogP contribution in [0.15, 0.2) is 53.4 Å². The summed E-state index contributed by atoms with van der Waals surface area (Å²) in [4.78, 5) is 23.4. The first-order chi connectivity index (χ1) is 12.8. The minimum Gasteiger partial charge on any atom is -0.455 e. The van der Waals surface area contributed by atoms with Crippen LogP contribution in [0.3, 0.4) is 0 Å². The molecule has 0 saturated heterocycles. The molecule has 144 valence electrons. The predicted molar refractivity (Wildman–Crippen MR) is 101 cm³/mol. The van der Waals surface area contributed by atoms with E-state index in [-0.39, 0.29) is 11.4 Å². The van der Waals surface area contributed by atoms with Gasteiger partial charge in [0.25, 0.3) is 5.91 Å². The zero-order valence-electron chi connectivity index (χ0n) is 14.6. The van der Waals surface area contributed by atoms with Crippen molar-refractivity contribution in [2.75, 3.05) is 13.2 Å². The Balaban J connectivity index is 1.73. The van der Waals surface area contributed by atoms with Crippen LogP contribution < -0.4 is 10.0 Å². The number of carbonyl (C=O) groups is 2. The Labute approximate surface area is 162 Å². The maximum absolute atomic E-state index is 12.1. The van der Waals surface area contributed by atoms with E-state index in [1.165, 1.54) is 12.1 Å². The smallest absolute Gasteiger partial charge is 0.321 e. The van der Waals surface area contributed by atoms with Crippen molar-refractivity contribution in [1.82, 2.24) is 10.0 Å². The summed E-state index contributed by atoms with van der Waals surface area (Å²) in [5.74, 6) is -1.37. The van der Waals surface area contributed by atoms with E-state index in [2.05, 4.69) is 10.0 Å². The molecule has 0 saturated carbocycles. The van der Waals surface area contributed by atoms with Gasteiger partial charge < -0.3 is 10.1 Å². The number of sulfonamides is 1. The second-order valence-corrected chi connectivity index (χ2v) is 7.91. The van der Waals surface area contributed by atoms with Gasteiger partial charge in [0.05, 0.1) is 4.90 Å². The van der Waals surface area contributed by atoms with E-state index in [1.54, 1.807) is 36.4 Å². The Hall–Kier alpha value is -2.42. The van der Waals surface area contributed by atoms with E-state index in [0.29, 0.717) is 5.02 Å². The molecule has 0 heterocycles. The van der Waals surface area contributed by atoms with E-state index in [1.807, 2.05) is 6.92 Å². The Morgan fingerprint density at radius 2 is 1.81 bits per heavy atom. The highest BCUT2D eigenvalue weighted by Crippen LogP contribution is 2.10. The fourth-order valence-electron chi connectivity index (χ4n) is 2.05. The van der Waals surface area contributed by atoms with Gasteiger partial charge in [-0.3, -0.25) is 9.59 Å². The monoisotopic (exact) mass is 410 g/mol. The molecule has 0 aromatic heterocycles. The van der Waals surface area contributed by atoms with E-state index in [9.17, 15) is 18.0 Å². The number of esters is 1. The van der Waals surface area contributed by atoms with Crippen molar-refractivity contribution in [2.45, 2.75) is 18.4 Å². The summed E-state index contributed by atoms with van der Waals surface area (Å²) in [5.41, 5.74) is 1.71. The lowest BCUT2D eigenvalue weighted by atomic mass is 10.2. The Morgan fingerprint density at radius 1 is 1.11 bits per heavy atom. The SMILES string of the molecule is Cc1ccc(S(=O)(=O)NCC(=O)OCC(=O)NCc2cccc(Cl)c2)cc1. The van der Waals surface area contributed by atoms with Crippen LogP contribution in [0.4, 0.5) is 0 Å². The molecular weight excluding hydrogens is 392 g/mol. The molecular formula is C18H19ClN2O5S. The van der Waals surface area contributed by atoms with Crippen molar-refractivity contribution in [3.8, 4) is 0 Å². The van der Waals surface area contributed by atoms with Gasteiger partial charge in [-0.2, -0.15) is 4.72 Å². The topological polar surface area (TPSA) is 102 Å². The number of rotatable bonds is 8. The first kappa shape index (κ1) is 20.9. The van der Waals surface area contributed by atoms with Crippen LogP contribution in [-0.4, -0.2) is 33.4 Å². The summed E-state index contributed by atoms with van der Waals surface area (Å²) in [5, 5.41) is 3.12. The van der Waals surface area contributed by atoms with Gasteiger partial charge in [-0.15, -0.1) is 0 Å². The Kier molecular flexibility index (Phi) is 7.35. The van der Waals surface area contributed by atoms with Crippen molar-refractivity contribution in [3.05, 3.63) is 64.7 Å². The molecule has 0 radical (unpaired) electrons. The Bertz CT molecular complexity index is 914. The maximum Gasteiger partial charge on any atom is 0.321 e. The lowest BCUT2D eigenvalue weighted by Gasteiger charge is -2.08. The van der Waals surface area contributed by atoms with Crippen molar-refractivity contribution in [1.29, 1.82) is 0 Å². The number of ether oxygens (including phenoxy) is 1. The molecule has 0 atom stereocenters. The van der Waals surface area contributed by atoms with Gasteiger partial charge >= 0.3 is 5.97 Å². The highest BCUT2D eigenvalue weighted by molar-refractivity contribution is 7.89. The van der Waals surface area contributed by atoms with Crippen LogP contribution >= 0.6 is 11.6 Å². The molecule has 2 aromatic rings. The lowest BCUT2D eigenvalue weighted by Crippen LogP contribution is -2.33. The van der Waals surface area contributed by atoms with Gasteiger partial charge in [-0.25, -0.2) is 8.42 Å². The standard InChI is InChI=1S/C18H19ClN2O5S/c1-13-5-7-16(8-6-13)27(24,25)21-11-18(23)26-12-17(22)20-10-14-3-2-4-15(19)9-14/h2-9,21H,10-12H2,1H3,(H,20,22). The van der Waals surface area contributed by atoms with Crippen molar-refractivity contribution < 1.29 is 22.7 Å². The van der Waals surface area contributed by atoms with Gasteiger partial charge in [0.1, 0.15) is 6.54 Å². The molecule has 2 rings (SSSR count). The molecule has 2 N–H and O–H groups in total. The average molecular weight is 411 g/mol. The van der Waals surface area contributed by atoms with Crippen molar-refractivity contribution in [3.63, 3.8) is 0 Å². The number of nitrogens with one attached hydrogen (secondary N) is 2. The van der Waals surface area contributed by atoms with Gasteiger partial charge in [-0.05, 0) is 36.8 Å². The van der Waals surface area contributed by atoms with E-state index < -0.39 is 35.1 Å². The summed E-state index contributed by atoms with van der Waals surface area (Å²) in [7, 11) is -3.82. The molecule has 7 nitrogen and oxygen atoms in total. The number of halogens is 1. The number of hydrogen-bond donors (Lipinski definition) is 2. The highest BCUT2D eigenvalue weighted by Gasteiger charge is 2.16. The third kappa shape index (κ3) is 7.01. The average Bonchev–Trinajstić information content (AvgIpc) is 2.63. The molecule has 0 aliphatic heterocycles. The van der Waals surface area contributed by atoms with Gasteiger partial charge in [0, 0.05) is 11.6 Å². The second kappa shape index (κ2) is 9.50. The van der Waals surface area contributed by atoms with Crippen LogP contribution in [0, 0.1) is 6.92 Å². The van der Waals surface area contributed by atoms with Crippen LogP contribution in [0.25, 0.3) is 0 Å². The molecule has 0 spiro atoms. The van der Waals surface area contributed by atoms with Crippen LogP contribution in [0.1, 0.15) is 11.1 Å². The van der Waals surface area contributed by atoms with Crippen molar-refractivity contribution in [2.24, 2.45) is 0 Å². The second-order valence-electron chi connectivity index (χ2n) is 5.70. The summed E-state index contributed by atoms with van der Waals surface area (Å²) < 4.78 is 31.0. The number of amides is 1. The fourth-order valence-corrected chi connectivity index (χ4v) is 3.23. The normalized spacial score (nSPS) is 11.0. The van der Waals surface area contributed by atoms with E-state index in [0.717, 1.165) is 11.1 Å². The minimum atomic E-state index is -3.82.